The molecule has 3 aromatic rings. The van der Waals surface area contributed by atoms with Crippen molar-refractivity contribution in [3.63, 3.8) is 0 Å². The average molecular weight is 623 g/mol. The van der Waals surface area contributed by atoms with Crippen LogP contribution in [0.1, 0.15) is 65.7 Å². The summed E-state index contributed by atoms with van der Waals surface area (Å²) in [5, 5.41) is 2.00. The summed E-state index contributed by atoms with van der Waals surface area (Å²) in [7, 11) is 1.24. The summed E-state index contributed by atoms with van der Waals surface area (Å²) in [6.07, 6.45) is 1.95. The van der Waals surface area contributed by atoms with Gasteiger partial charge < -0.3 is 15.8 Å². The summed E-state index contributed by atoms with van der Waals surface area (Å²) in [6.45, 7) is 9.07. The lowest BCUT2D eigenvalue weighted by Gasteiger charge is -2.13. The van der Waals surface area contributed by atoms with Gasteiger partial charge in [-0.2, -0.15) is 13.2 Å². The van der Waals surface area contributed by atoms with Crippen molar-refractivity contribution in [2.75, 3.05) is 12.4 Å². The predicted octanol–water partition coefficient (Wildman–Crippen LogP) is 8.63. The number of primary amides is 1. The smallest absolute Gasteiger partial charge is 0.419 e. The first-order valence-corrected chi connectivity index (χ1v) is 13.8. The number of hydrogen-bond acceptors (Lipinski definition) is 3. The number of hydrogen-bond donors (Lipinski definition) is 2. The number of aryl methyl sites for hydroxylation is 2. The lowest BCUT2D eigenvalue weighted by molar-refractivity contribution is -0.140. The van der Waals surface area contributed by atoms with E-state index in [1.54, 1.807) is 5.57 Å². The predicted molar refractivity (Wildman–Crippen MR) is 159 cm³/mol. The van der Waals surface area contributed by atoms with Gasteiger partial charge in [0.25, 0.3) is 5.91 Å². The molecule has 0 radical (unpaired) electrons. The molecule has 0 spiro atoms. The van der Waals surface area contributed by atoms with E-state index in [9.17, 15) is 35.9 Å². The van der Waals surface area contributed by atoms with E-state index < -0.39 is 35.1 Å². The van der Waals surface area contributed by atoms with Crippen molar-refractivity contribution in [1.29, 1.82) is 0 Å². The summed E-state index contributed by atoms with van der Waals surface area (Å²) in [6, 6.07) is 10.6. The molecule has 2 amide bonds. The zero-order chi connectivity index (χ0) is 33.2. The van der Waals surface area contributed by atoms with Crippen LogP contribution in [0, 0.1) is 43.1 Å². The van der Waals surface area contributed by atoms with Gasteiger partial charge in [-0.3, -0.25) is 9.59 Å². The third kappa shape index (κ3) is 10.2. The number of methoxy groups -OCH3 is 1. The molecule has 4 rings (SSSR count). The Hall–Kier alpha value is -4.28. The summed E-state index contributed by atoms with van der Waals surface area (Å²) in [5.74, 6) is -2.92. The number of nitrogens with two attached hydrogens (primary N) is 1. The Morgan fingerprint density at radius 3 is 2.11 bits per heavy atom. The topological polar surface area (TPSA) is 81.4 Å². The number of nitrogens with one attached hydrogen (secondary N) is 1. The van der Waals surface area contributed by atoms with Crippen LogP contribution in [-0.2, 0) is 11.0 Å². The first-order chi connectivity index (χ1) is 20.6. The van der Waals surface area contributed by atoms with Crippen molar-refractivity contribution in [3.05, 3.63) is 99.4 Å². The van der Waals surface area contributed by atoms with Crippen LogP contribution in [0.25, 0.3) is 6.08 Å². The van der Waals surface area contributed by atoms with Gasteiger partial charge in [-0.1, -0.05) is 54.8 Å². The zero-order valence-corrected chi connectivity index (χ0v) is 25.1. The molecule has 0 heterocycles. The van der Waals surface area contributed by atoms with E-state index in [0.717, 1.165) is 24.0 Å². The monoisotopic (exact) mass is 622 g/mol. The molecule has 0 bridgehead atoms. The third-order valence-corrected chi connectivity index (χ3v) is 7.06. The van der Waals surface area contributed by atoms with Crippen LogP contribution in [0.2, 0.25) is 0 Å². The van der Waals surface area contributed by atoms with Crippen molar-refractivity contribution in [3.8, 4) is 5.75 Å². The zero-order valence-electron chi connectivity index (χ0n) is 25.1. The lowest BCUT2D eigenvalue weighted by Crippen LogP contribution is -2.13. The van der Waals surface area contributed by atoms with Gasteiger partial charge in [-0.25, -0.2) is 13.2 Å². The van der Waals surface area contributed by atoms with Gasteiger partial charge in [0.1, 0.15) is 11.6 Å². The Morgan fingerprint density at radius 2 is 1.59 bits per heavy atom. The molecule has 1 fully saturated rings. The van der Waals surface area contributed by atoms with Crippen molar-refractivity contribution in [2.24, 2.45) is 17.6 Å². The third-order valence-electron chi connectivity index (χ3n) is 7.06. The second-order valence-electron chi connectivity index (χ2n) is 10.4. The Labute approximate surface area is 253 Å². The van der Waals surface area contributed by atoms with Gasteiger partial charge in [0.2, 0.25) is 6.41 Å². The molecular weight excluding hydrogens is 586 g/mol. The van der Waals surface area contributed by atoms with Crippen LogP contribution < -0.4 is 15.8 Å². The first kappa shape index (κ1) is 35.9. The van der Waals surface area contributed by atoms with Crippen LogP contribution in [-0.4, -0.2) is 19.4 Å². The fraction of sp³-hybridized carbons (Fsp3) is 0.333. The molecule has 2 unspecified atom stereocenters. The quantitative estimate of drug-likeness (QED) is 0.213. The molecule has 5 nitrogen and oxygen atoms in total. The summed E-state index contributed by atoms with van der Waals surface area (Å²) in [5.41, 5.74) is 9.03. The van der Waals surface area contributed by atoms with E-state index >= 15 is 0 Å². The largest absolute Gasteiger partial charge is 0.496 e. The molecule has 44 heavy (non-hydrogen) atoms. The molecule has 2 atom stereocenters. The van der Waals surface area contributed by atoms with Crippen LogP contribution in [0.4, 0.5) is 32.0 Å². The Morgan fingerprint density at radius 1 is 0.977 bits per heavy atom. The van der Waals surface area contributed by atoms with Crippen LogP contribution in [0.5, 0.6) is 5.75 Å². The maximum absolute atomic E-state index is 12.7. The highest BCUT2D eigenvalue weighted by Gasteiger charge is 2.34. The van der Waals surface area contributed by atoms with E-state index in [1.807, 2.05) is 5.32 Å². The number of benzene rings is 3. The number of carbonyl (C=O) groups is 2. The number of carbonyl (C=O) groups excluding carboxylic acids is 2. The van der Waals surface area contributed by atoms with Crippen molar-refractivity contribution in [2.45, 2.75) is 53.1 Å². The average Bonchev–Trinajstić information content (AvgIpc) is 3.29. The maximum Gasteiger partial charge on any atom is 0.419 e. The van der Waals surface area contributed by atoms with E-state index in [2.05, 4.69) is 56.7 Å². The minimum Gasteiger partial charge on any atom is -0.496 e. The minimum absolute atomic E-state index is 0.0774. The maximum atomic E-state index is 12.7. The summed E-state index contributed by atoms with van der Waals surface area (Å²) < 4.78 is 78.9. The van der Waals surface area contributed by atoms with Gasteiger partial charge in [0.15, 0.2) is 11.6 Å². The molecule has 1 aliphatic carbocycles. The molecule has 238 valence electrons. The number of anilines is 1. The lowest BCUT2D eigenvalue weighted by atomic mass is 9.93. The summed E-state index contributed by atoms with van der Waals surface area (Å²) >= 11 is 0. The normalized spacial score (nSPS) is 16.8. The fourth-order valence-electron chi connectivity index (χ4n) is 4.96. The van der Waals surface area contributed by atoms with Crippen LogP contribution in [0.3, 0.4) is 0 Å². The highest BCUT2D eigenvalue weighted by Crippen LogP contribution is 2.39. The first-order valence-electron chi connectivity index (χ1n) is 13.8. The number of alkyl halides is 3. The van der Waals surface area contributed by atoms with Crippen molar-refractivity contribution < 1.29 is 40.7 Å². The SMILES string of the molecule is CCC1CCC(C)/C1=C/c1cc(C)cc(C)c1.COc1cc(F)c(F)cc1C(N)=O.O=CNc1ccc(F)c(C(F)(F)F)c1. The van der Waals surface area contributed by atoms with E-state index in [1.165, 1.54) is 43.1 Å². The Bertz CT molecular complexity index is 1470. The van der Waals surface area contributed by atoms with Crippen molar-refractivity contribution >= 4 is 24.1 Å². The van der Waals surface area contributed by atoms with Crippen molar-refractivity contribution in [1.82, 2.24) is 0 Å². The van der Waals surface area contributed by atoms with E-state index in [4.69, 9.17) is 5.73 Å². The van der Waals surface area contributed by atoms with Gasteiger partial charge >= 0.3 is 6.18 Å². The second-order valence-corrected chi connectivity index (χ2v) is 10.4. The Kier molecular flexibility index (Phi) is 13.0. The molecule has 3 aromatic carbocycles. The number of allylic oxidation sites excluding steroid dienone is 1. The molecule has 0 aromatic heterocycles. The van der Waals surface area contributed by atoms with E-state index in [-0.39, 0.29) is 23.4 Å². The molecule has 3 N–H and O–H groups in total. The standard InChI is InChI=1S/C17H24.C8H5F4NO.C8H7F2NO2/c1-5-16-7-6-14(4)17(16)11-15-9-12(2)8-13(3)10-15;9-7-2-1-5(13-4-14)3-6(7)8(10,11)12;1-13-7-3-6(10)5(9)2-4(7)8(11)12/h8-11,14,16H,5-7H2,1-4H3;1-4H,(H,13,14);2-3H,1H3,(H2,11,12)/b17-11-;;. The molecule has 11 heteroatoms. The number of amides is 2. The van der Waals surface area contributed by atoms with E-state index in [0.29, 0.717) is 18.2 Å². The molecule has 1 aliphatic rings. The second kappa shape index (κ2) is 16.0. The highest BCUT2D eigenvalue weighted by molar-refractivity contribution is 5.95. The highest BCUT2D eigenvalue weighted by atomic mass is 19.4. The molecule has 0 aliphatic heterocycles. The van der Waals surface area contributed by atoms with Gasteiger partial charge in [-0.15, -0.1) is 0 Å². The molecule has 0 saturated heterocycles. The van der Waals surface area contributed by atoms with Crippen LogP contribution >= 0.6 is 0 Å². The Balaban J connectivity index is 0.000000233. The number of halogens is 6. The number of rotatable bonds is 6. The van der Waals surface area contributed by atoms with Crippen LogP contribution in [0.15, 0.2) is 54.1 Å². The van der Waals surface area contributed by atoms with Gasteiger partial charge in [0.05, 0.1) is 18.2 Å². The fourth-order valence-corrected chi connectivity index (χ4v) is 4.96. The molecular formula is C33H36F6N2O3. The number of ether oxygens (including phenoxy) is 1. The van der Waals surface area contributed by atoms with Gasteiger partial charge in [0, 0.05) is 11.8 Å². The van der Waals surface area contributed by atoms with Gasteiger partial charge in [-0.05, 0) is 74.8 Å². The summed E-state index contributed by atoms with van der Waals surface area (Å²) in [4.78, 5) is 20.6. The molecule has 1 saturated carbocycles. The minimum atomic E-state index is -4.76.